The Bertz CT molecular complexity index is 375. The third kappa shape index (κ3) is 3.29. The fourth-order valence-corrected chi connectivity index (χ4v) is 2.51. The minimum atomic E-state index is -0.205. The van der Waals surface area contributed by atoms with Gasteiger partial charge in [0.1, 0.15) is 12.2 Å². The first-order chi connectivity index (χ1) is 8.56. The van der Waals surface area contributed by atoms with E-state index in [4.69, 9.17) is 0 Å². The van der Waals surface area contributed by atoms with Crippen LogP contribution in [0.2, 0.25) is 0 Å². The van der Waals surface area contributed by atoms with Crippen LogP contribution in [-0.4, -0.2) is 44.0 Å². The average molecular weight is 252 g/mol. The van der Waals surface area contributed by atoms with Gasteiger partial charge in [0.25, 0.3) is 0 Å². The first kappa shape index (κ1) is 13.5. The number of nitrogens with zero attached hydrogens (tertiary/aromatic N) is 4. The van der Waals surface area contributed by atoms with E-state index >= 15 is 0 Å². The van der Waals surface area contributed by atoms with Crippen molar-refractivity contribution in [3.05, 3.63) is 12.2 Å². The molecular weight excluding hydrogens is 228 g/mol. The molecule has 2 heterocycles. The smallest absolute Gasteiger partial charge is 0.141 e. The number of rotatable bonds is 5. The van der Waals surface area contributed by atoms with Gasteiger partial charge < -0.3 is 5.11 Å². The Morgan fingerprint density at radius 2 is 2.22 bits per heavy atom. The molecule has 1 aromatic rings. The van der Waals surface area contributed by atoms with Gasteiger partial charge in [-0.1, -0.05) is 13.8 Å². The van der Waals surface area contributed by atoms with Gasteiger partial charge in [-0.25, -0.2) is 9.67 Å². The molecule has 1 fully saturated rings. The summed E-state index contributed by atoms with van der Waals surface area (Å²) >= 11 is 0. The quantitative estimate of drug-likeness (QED) is 0.853. The maximum Gasteiger partial charge on any atom is 0.141 e. The van der Waals surface area contributed by atoms with E-state index in [9.17, 15) is 5.11 Å². The van der Waals surface area contributed by atoms with Crippen LogP contribution in [0.3, 0.4) is 0 Å². The van der Waals surface area contributed by atoms with E-state index < -0.39 is 0 Å². The molecule has 1 aliphatic heterocycles. The molecule has 1 aliphatic rings. The van der Waals surface area contributed by atoms with E-state index in [0.29, 0.717) is 11.8 Å². The van der Waals surface area contributed by atoms with E-state index in [-0.39, 0.29) is 6.10 Å². The van der Waals surface area contributed by atoms with Crippen LogP contribution in [0.1, 0.15) is 33.0 Å². The maximum atomic E-state index is 9.61. The first-order valence-corrected chi connectivity index (χ1v) is 6.83. The highest BCUT2D eigenvalue weighted by atomic mass is 16.3. The molecule has 1 saturated heterocycles. The molecule has 1 N–H and O–H groups in total. The highest BCUT2D eigenvalue weighted by Gasteiger charge is 2.26. The molecule has 0 radical (unpaired) electrons. The number of aliphatic hydroxyl groups excluding tert-OH is 1. The summed E-state index contributed by atoms with van der Waals surface area (Å²) < 4.78 is 2.00. The highest BCUT2D eigenvalue weighted by Crippen LogP contribution is 2.21. The number of hydrogen-bond donors (Lipinski definition) is 1. The fraction of sp³-hybridized carbons (Fsp3) is 0.846. The molecule has 0 amide bonds. The zero-order valence-electron chi connectivity index (χ0n) is 11.6. The van der Waals surface area contributed by atoms with E-state index in [1.54, 1.807) is 6.33 Å². The second-order valence-corrected chi connectivity index (χ2v) is 5.78. The van der Waals surface area contributed by atoms with Gasteiger partial charge in [0.2, 0.25) is 0 Å². The molecule has 0 saturated carbocycles. The van der Waals surface area contributed by atoms with Crippen molar-refractivity contribution in [3.63, 3.8) is 0 Å². The van der Waals surface area contributed by atoms with Crippen LogP contribution < -0.4 is 0 Å². The lowest BCUT2D eigenvalue weighted by Gasteiger charge is -2.17. The molecule has 0 spiro atoms. The number of hydrogen-bond acceptors (Lipinski definition) is 4. The maximum absolute atomic E-state index is 9.61. The SMILES string of the molecule is CC(C)Cn1ncnc1CN1CCC(C(C)O)C1. The van der Waals surface area contributed by atoms with Crippen LogP contribution in [0.15, 0.2) is 6.33 Å². The van der Waals surface area contributed by atoms with Crippen molar-refractivity contribution in [2.75, 3.05) is 13.1 Å². The topological polar surface area (TPSA) is 54.2 Å². The summed E-state index contributed by atoms with van der Waals surface area (Å²) in [6.07, 6.45) is 2.51. The molecule has 1 aromatic heterocycles. The molecule has 0 aromatic carbocycles. The lowest BCUT2D eigenvalue weighted by atomic mass is 10.0. The average Bonchev–Trinajstić information content (AvgIpc) is 2.89. The van der Waals surface area contributed by atoms with Gasteiger partial charge in [-0.3, -0.25) is 4.90 Å². The largest absolute Gasteiger partial charge is 0.393 e. The first-order valence-electron chi connectivity index (χ1n) is 6.83. The van der Waals surface area contributed by atoms with Crippen LogP contribution in [0.4, 0.5) is 0 Å². The van der Waals surface area contributed by atoms with E-state index in [2.05, 4.69) is 28.8 Å². The minimum absolute atomic E-state index is 0.205. The third-order valence-corrected chi connectivity index (χ3v) is 3.59. The Morgan fingerprint density at radius 3 is 2.83 bits per heavy atom. The van der Waals surface area contributed by atoms with Crippen LogP contribution in [0.25, 0.3) is 0 Å². The zero-order chi connectivity index (χ0) is 13.1. The summed E-state index contributed by atoms with van der Waals surface area (Å²) in [5, 5.41) is 13.9. The van der Waals surface area contributed by atoms with Crippen molar-refractivity contribution >= 4 is 0 Å². The van der Waals surface area contributed by atoms with Crippen LogP contribution in [0, 0.1) is 11.8 Å². The molecule has 2 unspecified atom stereocenters. The zero-order valence-corrected chi connectivity index (χ0v) is 11.6. The van der Waals surface area contributed by atoms with Gasteiger partial charge in [-0.2, -0.15) is 5.10 Å². The molecular formula is C13H24N4O. The predicted molar refractivity (Wildman–Crippen MR) is 69.9 cm³/mol. The van der Waals surface area contributed by atoms with Gasteiger partial charge in [0.15, 0.2) is 0 Å². The lowest BCUT2D eigenvalue weighted by molar-refractivity contribution is 0.126. The number of aromatic nitrogens is 3. The standard InChI is InChI=1S/C13H24N4O/c1-10(2)6-17-13(14-9-15-17)8-16-5-4-12(7-16)11(3)18/h9-12,18H,4-8H2,1-3H3. The second kappa shape index (κ2) is 5.80. The van der Waals surface area contributed by atoms with Crippen molar-refractivity contribution in [3.8, 4) is 0 Å². The monoisotopic (exact) mass is 252 g/mol. The van der Waals surface area contributed by atoms with E-state index in [0.717, 1.165) is 38.4 Å². The summed E-state index contributed by atoms with van der Waals surface area (Å²) in [4.78, 5) is 6.71. The summed E-state index contributed by atoms with van der Waals surface area (Å²) in [6.45, 7) is 10.0. The summed E-state index contributed by atoms with van der Waals surface area (Å²) in [6, 6.07) is 0. The van der Waals surface area contributed by atoms with Crippen molar-refractivity contribution in [2.45, 2.75) is 46.4 Å². The molecule has 18 heavy (non-hydrogen) atoms. The van der Waals surface area contributed by atoms with Crippen molar-refractivity contribution in [2.24, 2.45) is 11.8 Å². The van der Waals surface area contributed by atoms with Gasteiger partial charge in [-0.15, -0.1) is 0 Å². The van der Waals surface area contributed by atoms with Crippen molar-refractivity contribution in [1.82, 2.24) is 19.7 Å². The van der Waals surface area contributed by atoms with Crippen molar-refractivity contribution in [1.29, 1.82) is 0 Å². The molecule has 0 aliphatic carbocycles. The van der Waals surface area contributed by atoms with Crippen LogP contribution in [-0.2, 0) is 13.1 Å². The molecule has 2 rings (SSSR count). The Labute approximate surface area is 109 Å². The summed E-state index contributed by atoms with van der Waals surface area (Å²) in [5.74, 6) is 2.02. The van der Waals surface area contributed by atoms with Gasteiger partial charge in [-0.05, 0) is 31.7 Å². The molecule has 102 valence electrons. The van der Waals surface area contributed by atoms with Gasteiger partial charge >= 0.3 is 0 Å². The van der Waals surface area contributed by atoms with Crippen LogP contribution in [0.5, 0.6) is 0 Å². The summed E-state index contributed by atoms with van der Waals surface area (Å²) in [7, 11) is 0. The van der Waals surface area contributed by atoms with E-state index in [1.165, 1.54) is 0 Å². The van der Waals surface area contributed by atoms with Gasteiger partial charge in [0.05, 0.1) is 12.6 Å². The minimum Gasteiger partial charge on any atom is -0.393 e. The molecule has 5 heteroatoms. The summed E-state index contributed by atoms with van der Waals surface area (Å²) in [5.41, 5.74) is 0. The molecule has 2 atom stereocenters. The number of aliphatic hydroxyl groups is 1. The van der Waals surface area contributed by atoms with Gasteiger partial charge in [0, 0.05) is 13.1 Å². The Kier molecular flexibility index (Phi) is 4.35. The fourth-order valence-electron chi connectivity index (χ4n) is 2.51. The van der Waals surface area contributed by atoms with E-state index in [1.807, 2.05) is 11.6 Å². The Hall–Kier alpha value is -0.940. The Morgan fingerprint density at radius 1 is 1.44 bits per heavy atom. The lowest BCUT2D eigenvalue weighted by Crippen LogP contribution is -2.26. The highest BCUT2D eigenvalue weighted by molar-refractivity contribution is 4.88. The van der Waals surface area contributed by atoms with Crippen LogP contribution >= 0.6 is 0 Å². The number of likely N-dealkylation sites (tertiary alicyclic amines) is 1. The predicted octanol–water partition coefficient (Wildman–Crippen LogP) is 1.14. The second-order valence-electron chi connectivity index (χ2n) is 5.78. The Balaban J connectivity index is 1.92. The molecule has 0 bridgehead atoms. The normalized spacial score (nSPS) is 22.8. The molecule has 5 nitrogen and oxygen atoms in total. The third-order valence-electron chi connectivity index (χ3n) is 3.59. The van der Waals surface area contributed by atoms with Crippen molar-refractivity contribution < 1.29 is 5.11 Å².